The molecule has 0 aliphatic carbocycles. The first-order valence-electron chi connectivity index (χ1n) is 3.98. The Morgan fingerprint density at radius 3 is 2.64 bits per heavy atom. The van der Waals surface area contributed by atoms with Gasteiger partial charge in [0.05, 0.1) is 6.61 Å². The Labute approximate surface area is 73.7 Å². The van der Waals surface area contributed by atoms with E-state index in [1.165, 1.54) is 6.92 Å². The van der Waals surface area contributed by atoms with E-state index in [1.54, 1.807) is 0 Å². The molecule has 66 valence electrons. The highest BCUT2D eigenvalue weighted by Crippen LogP contribution is 2.08. The minimum absolute atomic E-state index is 0.206. The average Bonchev–Trinajstić information content (AvgIpc) is 1.87. The molecule has 2 nitrogen and oxygen atoms in total. The Bertz CT molecular complexity index is 115. The van der Waals surface area contributed by atoms with Crippen LogP contribution >= 0.6 is 12.6 Å². The predicted octanol–water partition coefficient (Wildman–Crippen LogP) is 2.04. The van der Waals surface area contributed by atoms with Crippen LogP contribution in [0.4, 0.5) is 0 Å². The molecule has 0 saturated heterocycles. The zero-order valence-electron chi connectivity index (χ0n) is 7.17. The summed E-state index contributed by atoms with van der Waals surface area (Å²) in [6.07, 6.45) is 3.08. The van der Waals surface area contributed by atoms with E-state index in [0.29, 0.717) is 11.9 Å². The zero-order valence-corrected chi connectivity index (χ0v) is 8.06. The van der Waals surface area contributed by atoms with Gasteiger partial charge in [-0.1, -0.05) is 13.3 Å². The first-order chi connectivity index (χ1) is 5.16. The topological polar surface area (TPSA) is 26.3 Å². The lowest BCUT2D eigenvalue weighted by atomic mass is 10.2. The van der Waals surface area contributed by atoms with Gasteiger partial charge in [0, 0.05) is 12.2 Å². The largest absolute Gasteiger partial charge is 0.466 e. The summed E-state index contributed by atoms with van der Waals surface area (Å²) in [6, 6.07) is 0. The average molecular weight is 176 g/mol. The van der Waals surface area contributed by atoms with Crippen LogP contribution in [0.5, 0.6) is 0 Å². The van der Waals surface area contributed by atoms with Crippen LogP contribution in [0.3, 0.4) is 0 Å². The molecule has 0 amide bonds. The van der Waals surface area contributed by atoms with Gasteiger partial charge in [-0.3, -0.25) is 4.79 Å². The van der Waals surface area contributed by atoms with E-state index >= 15 is 0 Å². The van der Waals surface area contributed by atoms with Crippen LogP contribution in [0.15, 0.2) is 0 Å². The lowest BCUT2D eigenvalue weighted by molar-refractivity contribution is -0.141. The Kier molecular flexibility index (Phi) is 6.42. The lowest BCUT2D eigenvalue weighted by Crippen LogP contribution is -2.07. The van der Waals surface area contributed by atoms with E-state index in [1.807, 2.05) is 0 Å². The summed E-state index contributed by atoms with van der Waals surface area (Å²) in [5.41, 5.74) is 0. The summed E-state index contributed by atoms with van der Waals surface area (Å²) in [6.45, 7) is 4.05. The summed E-state index contributed by atoms with van der Waals surface area (Å²) < 4.78 is 4.77. The van der Waals surface area contributed by atoms with Gasteiger partial charge < -0.3 is 4.74 Å². The molecule has 11 heavy (non-hydrogen) atoms. The highest BCUT2D eigenvalue weighted by molar-refractivity contribution is 7.80. The molecule has 0 aromatic heterocycles. The van der Waals surface area contributed by atoms with E-state index < -0.39 is 0 Å². The fraction of sp³-hybridized carbons (Fsp3) is 0.875. The number of ether oxygens (including phenoxy) is 1. The third kappa shape index (κ3) is 7.72. The fourth-order valence-corrected chi connectivity index (χ4v) is 1.18. The van der Waals surface area contributed by atoms with E-state index in [9.17, 15) is 4.79 Å². The Hall–Kier alpha value is -0.180. The van der Waals surface area contributed by atoms with Gasteiger partial charge in [0.15, 0.2) is 0 Å². The summed E-state index contributed by atoms with van der Waals surface area (Å²) in [4.78, 5) is 10.3. The fourth-order valence-electron chi connectivity index (χ4n) is 0.816. The molecule has 0 bridgehead atoms. The van der Waals surface area contributed by atoms with Gasteiger partial charge in [-0.05, 0) is 12.8 Å². The van der Waals surface area contributed by atoms with Crippen molar-refractivity contribution in [2.24, 2.45) is 0 Å². The van der Waals surface area contributed by atoms with Crippen molar-refractivity contribution in [3.05, 3.63) is 0 Å². The van der Waals surface area contributed by atoms with Crippen LogP contribution in [0.2, 0.25) is 0 Å². The molecule has 0 N–H and O–H groups in total. The van der Waals surface area contributed by atoms with Crippen molar-refractivity contribution in [2.75, 3.05) is 6.61 Å². The van der Waals surface area contributed by atoms with Crippen LogP contribution in [0.25, 0.3) is 0 Å². The third-order valence-corrected chi connectivity index (χ3v) is 1.89. The van der Waals surface area contributed by atoms with Crippen LogP contribution in [-0.2, 0) is 9.53 Å². The smallest absolute Gasteiger partial charge is 0.302 e. The van der Waals surface area contributed by atoms with Crippen LogP contribution < -0.4 is 0 Å². The molecule has 0 unspecified atom stereocenters. The molecular formula is C8H16O2S. The van der Waals surface area contributed by atoms with E-state index in [2.05, 4.69) is 19.6 Å². The number of rotatable bonds is 5. The van der Waals surface area contributed by atoms with Crippen molar-refractivity contribution >= 4 is 18.6 Å². The highest BCUT2D eigenvalue weighted by atomic mass is 32.1. The number of carbonyl (C=O) groups is 1. The van der Waals surface area contributed by atoms with Crippen molar-refractivity contribution in [3.8, 4) is 0 Å². The van der Waals surface area contributed by atoms with E-state index in [4.69, 9.17) is 4.74 Å². The number of hydrogen-bond donors (Lipinski definition) is 1. The van der Waals surface area contributed by atoms with Gasteiger partial charge in [0.25, 0.3) is 0 Å². The Morgan fingerprint density at radius 1 is 1.55 bits per heavy atom. The second kappa shape index (κ2) is 6.53. The SMILES string of the molecule is CCC[C@@H](S)CCOC(C)=O. The van der Waals surface area contributed by atoms with Crippen molar-refractivity contribution in [1.82, 2.24) is 0 Å². The molecule has 0 aromatic carbocycles. The number of carbonyl (C=O) groups excluding carboxylic acids is 1. The molecule has 0 saturated carbocycles. The highest BCUT2D eigenvalue weighted by Gasteiger charge is 2.01. The summed E-state index contributed by atoms with van der Waals surface area (Å²) >= 11 is 4.32. The molecule has 0 rings (SSSR count). The molecule has 0 spiro atoms. The molecule has 0 aromatic rings. The molecule has 3 heteroatoms. The van der Waals surface area contributed by atoms with E-state index in [-0.39, 0.29) is 5.97 Å². The predicted molar refractivity (Wildman–Crippen MR) is 48.9 cm³/mol. The summed E-state index contributed by atoms with van der Waals surface area (Å²) in [7, 11) is 0. The minimum atomic E-state index is -0.206. The second-order valence-electron chi connectivity index (χ2n) is 2.57. The molecule has 0 heterocycles. The first kappa shape index (κ1) is 10.8. The quantitative estimate of drug-likeness (QED) is 0.512. The molecule has 0 fully saturated rings. The Balaban J connectivity index is 3.16. The number of thiol groups is 1. The van der Waals surface area contributed by atoms with Crippen LogP contribution in [-0.4, -0.2) is 17.8 Å². The molecule has 1 atom stereocenters. The maximum atomic E-state index is 10.3. The van der Waals surface area contributed by atoms with Gasteiger partial charge in [0.2, 0.25) is 0 Å². The van der Waals surface area contributed by atoms with Crippen molar-refractivity contribution < 1.29 is 9.53 Å². The molecule has 0 radical (unpaired) electrons. The normalized spacial score (nSPS) is 12.6. The van der Waals surface area contributed by atoms with Gasteiger partial charge in [-0.15, -0.1) is 0 Å². The zero-order chi connectivity index (χ0) is 8.69. The van der Waals surface area contributed by atoms with Crippen molar-refractivity contribution in [3.63, 3.8) is 0 Å². The van der Waals surface area contributed by atoms with Gasteiger partial charge in [0.1, 0.15) is 0 Å². The van der Waals surface area contributed by atoms with Gasteiger partial charge in [-0.25, -0.2) is 0 Å². The first-order valence-corrected chi connectivity index (χ1v) is 4.50. The number of hydrogen-bond acceptors (Lipinski definition) is 3. The van der Waals surface area contributed by atoms with Gasteiger partial charge >= 0.3 is 5.97 Å². The second-order valence-corrected chi connectivity index (χ2v) is 3.30. The molecule has 0 aliphatic rings. The van der Waals surface area contributed by atoms with Crippen LogP contribution in [0.1, 0.15) is 33.1 Å². The molecule has 0 aliphatic heterocycles. The van der Waals surface area contributed by atoms with Crippen molar-refractivity contribution in [1.29, 1.82) is 0 Å². The number of esters is 1. The summed E-state index contributed by atoms with van der Waals surface area (Å²) in [5.74, 6) is -0.206. The maximum absolute atomic E-state index is 10.3. The van der Waals surface area contributed by atoms with Gasteiger partial charge in [-0.2, -0.15) is 12.6 Å². The standard InChI is InChI=1S/C8H16O2S/c1-3-4-8(11)5-6-10-7(2)9/h8,11H,3-6H2,1-2H3/t8-/m1/s1. The summed E-state index contributed by atoms with van der Waals surface area (Å²) in [5, 5.41) is 0.374. The lowest BCUT2D eigenvalue weighted by Gasteiger charge is -2.07. The van der Waals surface area contributed by atoms with Crippen molar-refractivity contribution in [2.45, 2.75) is 38.4 Å². The monoisotopic (exact) mass is 176 g/mol. The third-order valence-electron chi connectivity index (χ3n) is 1.38. The van der Waals surface area contributed by atoms with Crippen LogP contribution in [0, 0.1) is 0 Å². The Morgan fingerprint density at radius 2 is 2.18 bits per heavy atom. The minimum Gasteiger partial charge on any atom is -0.466 e. The van der Waals surface area contributed by atoms with E-state index in [0.717, 1.165) is 19.3 Å². The molecular weight excluding hydrogens is 160 g/mol. The maximum Gasteiger partial charge on any atom is 0.302 e.